The van der Waals surface area contributed by atoms with E-state index in [9.17, 15) is 4.79 Å². The van der Waals surface area contributed by atoms with Gasteiger partial charge in [0.2, 0.25) is 5.13 Å². The highest BCUT2D eigenvalue weighted by molar-refractivity contribution is 8.18. The molecule has 0 saturated carbocycles. The molecule has 26 heavy (non-hydrogen) atoms. The van der Waals surface area contributed by atoms with Crippen LogP contribution in [0.5, 0.6) is 0 Å². The van der Waals surface area contributed by atoms with Crippen LogP contribution in [0, 0.1) is 0 Å². The van der Waals surface area contributed by atoms with E-state index in [1.165, 1.54) is 23.1 Å². The molecule has 1 amide bonds. The third-order valence-corrected chi connectivity index (χ3v) is 5.61. The van der Waals surface area contributed by atoms with Gasteiger partial charge in [0, 0.05) is 29.4 Å². The summed E-state index contributed by atoms with van der Waals surface area (Å²) < 4.78 is 0. The first-order chi connectivity index (χ1) is 12.7. The third-order valence-electron chi connectivity index (χ3n) is 3.87. The van der Waals surface area contributed by atoms with Crippen molar-refractivity contribution in [3.8, 4) is 11.3 Å². The maximum atomic E-state index is 12.6. The van der Waals surface area contributed by atoms with Crippen LogP contribution in [0.15, 0.2) is 63.9 Å². The number of hydrogen-bond donors (Lipinski definition) is 1. The quantitative estimate of drug-likeness (QED) is 0.664. The lowest BCUT2D eigenvalue weighted by Gasteiger charge is -2.11. The van der Waals surface area contributed by atoms with E-state index in [4.69, 9.17) is 0 Å². The van der Waals surface area contributed by atoms with Gasteiger partial charge in [0.1, 0.15) is 0 Å². The molecule has 1 N–H and O–H groups in total. The number of nitrogens with zero attached hydrogens (tertiary/aromatic N) is 3. The first kappa shape index (κ1) is 16.8. The van der Waals surface area contributed by atoms with Crippen molar-refractivity contribution in [2.75, 3.05) is 6.54 Å². The molecule has 0 radical (unpaired) electrons. The molecule has 2 aromatic heterocycles. The van der Waals surface area contributed by atoms with Crippen molar-refractivity contribution in [3.05, 3.63) is 64.6 Å². The lowest BCUT2D eigenvalue weighted by Crippen LogP contribution is -2.28. The molecule has 0 bridgehead atoms. The predicted molar refractivity (Wildman–Crippen MR) is 108 cm³/mol. The number of thiazole rings is 1. The Hall–Kier alpha value is -2.64. The number of benzene rings is 1. The van der Waals surface area contributed by atoms with Crippen LogP contribution < -0.4 is 0 Å². The Labute approximate surface area is 159 Å². The lowest BCUT2D eigenvalue weighted by atomic mass is 10.2. The highest BCUT2D eigenvalue weighted by Crippen LogP contribution is 2.35. The van der Waals surface area contributed by atoms with Crippen LogP contribution in [0.3, 0.4) is 0 Å². The number of likely N-dealkylation sites (N-methyl/N-ethyl adjacent to an activating group) is 1. The molecule has 0 atom stereocenters. The molecule has 0 unspecified atom stereocenters. The molecule has 130 valence electrons. The molecule has 1 aliphatic rings. The van der Waals surface area contributed by atoms with Gasteiger partial charge in [0.25, 0.3) is 5.91 Å². The number of amidine groups is 1. The number of rotatable bonds is 4. The number of aromatic amines is 1. The Morgan fingerprint density at radius 1 is 1.23 bits per heavy atom. The maximum Gasteiger partial charge on any atom is 0.266 e. The summed E-state index contributed by atoms with van der Waals surface area (Å²) in [7, 11) is 0. The van der Waals surface area contributed by atoms with Crippen molar-refractivity contribution >= 4 is 45.4 Å². The van der Waals surface area contributed by atoms with E-state index in [1.807, 2.05) is 67.0 Å². The van der Waals surface area contributed by atoms with Crippen LogP contribution in [-0.4, -0.2) is 32.5 Å². The van der Waals surface area contributed by atoms with E-state index in [1.54, 1.807) is 4.90 Å². The summed E-state index contributed by atoms with van der Waals surface area (Å²) in [4.78, 5) is 27.3. The molecule has 0 aliphatic carbocycles. The molecular formula is C19H16N4OS2. The van der Waals surface area contributed by atoms with E-state index in [2.05, 4.69) is 15.0 Å². The number of aliphatic imine (C=N–C) groups is 1. The first-order valence-electron chi connectivity index (χ1n) is 8.19. The molecule has 1 aromatic carbocycles. The lowest BCUT2D eigenvalue weighted by molar-refractivity contribution is -0.122. The van der Waals surface area contributed by atoms with Gasteiger partial charge in [-0.15, -0.1) is 11.3 Å². The second-order valence-corrected chi connectivity index (χ2v) is 7.41. The minimum absolute atomic E-state index is 0.0225. The molecule has 3 heterocycles. The minimum atomic E-state index is -0.0225. The van der Waals surface area contributed by atoms with Gasteiger partial charge in [-0.25, -0.2) is 4.98 Å². The van der Waals surface area contributed by atoms with Crippen LogP contribution >= 0.6 is 23.1 Å². The third kappa shape index (κ3) is 3.36. The molecule has 3 aromatic rings. The van der Waals surface area contributed by atoms with Gasteiger partial charge in [-0.05, 0) is 36.9 Å². The van der Waals surface area contributed by atoms with Crippen LogP contribution in [0.2, 0.25) is 0 Å². The van der Waals surface area contributed by atoms with E-state index < -0.39 is 0 Å². The molecule has 0 spiro atoms. The zero-order chi connectivity index (χ0) is 17.9. The standard InChI is InChI=1S/C19H16N4OS2/c1-2-23-17(24)16(11-14-9-6-10-20-14)26-19(23)22-18-21-15(12-25-18)13-7-4-3-5-8-13/h3-12,20H,2H2,1H3/b16-11+,22-19+. The van der Waals surface area contributed by atoms with Gasteiger partial charge in [-0.2, -0.15) is 4.99 Å². The van der Waals surface area contributed by atoms with Gasteiger partial charge >= 0.3 is 0 Å². The van der Waals surface area contributed by atoms with Crippen LogP contribution in [0.25, 0.3) is 17.3 Å². The summed E-state index contributed by atoms with van der Waals surface area (Å²) in [5.41, 5.74) is 2.86. The van der Waals surface area contributed by atoms with E-state index in [0.29, 0.717) is 21.7 Å². The van der Waals surface area contributed by atoms with Crippen LogP contribution in [0.1, 0.15) is 12.6 Å². The molecule has 1 fully saturated rings. The summed E-state index contributed by atoms with van der Waals surface area (Å²) in [6, 6.07) is 13.8. The number of carbonyl (C=O) groups is 1. The second kappa shape index (κ2) is 7.31. The topological polar surface area (TPSA) is 61.4 Å². The minimum Gasteiger partial charge on any atom is -0.362 e. The maximum absolute atomic E-state index is 12.6. The summed E-state index contributed by atoms with van der Waals surface area (Å²) >= 11 is 2.86. The molecule has 1 aliphatic heterocycles. The van der Waals surface area contributed by atoms with Crippen molar-refractivity contribution in [3.63, 3.8) is 0 Å². The molecule has 1 saturated heterocycles. The van der Waals surface area contributed by atoms with Gasteiger partial charge in [0.05, 0.1) is 10.6 Å². The van der Waals surface area contributed by atoms with Crippen molar-refractivity contribution < 1.29 is 4.79 Å². The summed E-state index contributed by atoms with van der Waals surface area (Å²) in [5.74, 6) is -0.0225. The largest absolute Gasteiger partial charge is 0.362 e. The summed E-state index contributed by atoms with van der Waals surface area (Å²) in [5, 5.41) is 3.31. The summed E-state index contributed by atoms with van der Waals surface area (Å²) in [6.45, 7) is 2.52. The van der Waals surface area contributed by atoms with Crippen molar-refractivity contribution in [1.82, 2.24) is 14.9 Å². The van der Waals surface area contributed by atoms with Gasteiger partial charge in [-0.3, -0.25) is 9.69 Å². The van der Waals surface area contributed by atoms with Gasteiger partial charge in [0.15, 0.2) is 5.17 Å². The first-order valence-corrected chi connectivity index (χ1v) is 9.88. The monoisotopic (exact) mass is 380 g/mol. The molecule has 7 heteroatoms. The number of H-pyrrole nitrogens is 1. The van der Waals surface area contributed by atoms with Crippen LogP contribution in [0.4, 0.5) is 5.13 Å². The Morgan fingerprint density at radius 2 is 2.08 bits per heavy atom. The van der Waals surface area contributed by atoms with E-state index in [-0.39, 0.29) is 5.91 Å². The highest BCUT2D eigenvalue weighted by Gasteiger charge is 2.32. The highest BCUT2D eigenvalue weighted by atomic mass is 32.2. The fourth-order valence-corrected chi connectivity index (χ4v) is 4.37. The molecule has 4 rings (SSSR count). The number of nitrogens with one attached hydrogen (secondary N) is 1. The Balaban J connectivity index is 1.62. The Kier molecular flexibility index (Phi) is 4.73. The van der Waals surface area contributed by atoms with Gasteiger partial charge in [-0.1, -0.05) is 30.3 Å². The normalized spacial score (nSPS) is 17.6. The fourth-order valence-electron chi connectivity index (χ4n) is 2.58. The van der Waals surface area contributed by atoms with Crippen molar-refractivity contribution in [2.45, 2.75) is 6.92 Å². The Morgan fingerprint density at radius 3 is 2.81 bits per heavy atom. The number of aromatic nitrogens is 2. The van der Waals surface area contributed by atoms with E-state index in [0.717, 1.165) is 17.0 Å². The fraction of sp³-hybridized carbons (Fsp3) is 0.105. The number of amides is 1. The Bertz CT molecular complexity index is 974. The van der Waals surface area contributed by atoms with E-state index >= 15 is 0 Å². The van der Waals surface area contributed by atoms with Crippen LogP contribution in [-0.2, 0) is 4.79 Å². The zero-order valence-electron chi connectivity index (χ0n) is 14.0. The number of hydrogen-bond acceptors (Lipinski definition) is 5. The summed E-state index contributed by atoms with van der Waals surface area (Å²) in [6.07, 6.45) is 3.69. The number of carbonyl (C=O) groups excluding carboxylic acids is 1. The average molecular weight is 380 g/mol. The smallest absolute Gasteiger partial charge is 0.266 e. The zero-order valence-corrected chi connectivity index (χ0v) is 15.7. The molecule has 5 nitrogen and oxygen atoms in total. The van der Waals surface area contributed by atoms with Crippen molar-refractivity contribution in [2.24, 2.45) is 4.99 Å². The van der Waals surface area contributed by atoms with Crippen molar-refractivity contribution in [1.29, 1.82) is 0 Å². The predicted octanol–water partition coefficient (Wildman–Crippen LogP) is 4.76. The SMILES string of the molecule is CCN1C(=O)/C(=C\c2ccc[nH]2)S/C1=N/c1nc(-c2ccccc2)cs1. The number of thioether (sulfide) groups is 1. The van der Waals surface area contributed by atoms with Gasteiger partial charge < -0.3 is 4.98 Å². The average Bonchev–Trinajstić information content (AvgIpc) is 3.39. The molecular weight excluding hydrogens is 364 g/mol. The second-order valence-electron chi connectivity index (χ2n) is 5.56.